The van der Waals surface area contributed by atoms with Crippen molar-refractivity contribution in [3.05, 3.63) is 47.5 Å². The maximum absolute atomic E-state index is 13.6. The number of fused-ring (bicyclic) bond motifs is 5. The molecule has 2 amide bonds. The van der Waals surface area contributed by atoms with Crippen LogP contribution in [-0.2, 0) is 39.9 Å². The van der Waals surface area contributed by atoms with Crippen molar-refractivity contribution in [2.75, 3.05) is 6.61 Å². The average molecular weight is 709 g/mol. The molecule has 3 fully saturated rings. The van der Waals surface area contributed by atoms with E-state index in [1.165, 1.54) is 0 Å². The van der Waals surface area contributed by atoms with Crippen molar-refractivity contribution in [2.24, 2.45) is 34.5 Å². The minimum Gasteiger partial charge on any atom is -0.480 e. The van der Waals surface area contributed by atoms with Gasteiger partial charge in [-0.15, -0.1) is 0 Å². The van der Waals surface area contributed by atoms with Gasteiger partial charge >= 0.3 is 11.9 Å². The molecular formula is C39H52N2O10. The van der Waals surface area contributed by atoms with Gasteiger partial charge in [-0.1, -0.05) is 63.6 Å². The fourth-order valence-corrected chi connectivity index (χ4v) is 9.80. The van der Waals surface area contributed by atoms with Crippen molar-refractivity contribution < 1.29 is 48.8 Å². The number of allylic oxidation sites excluding steroid dienone is 1. The average Bonchev–Trinajstić information content (AvgIpc) is 3.35. The van der Waals surface area contributed by atoms with E-state index in [2.05, 4.69) is 17.6 Å². The topological polar surface area (TPSA) is 196 Å². The zero-order valence-corrected chi connectivity index (χ0v) is 30.0. The fraction of sp³-hybridized carbons (Fsp3) is 0.641. The lowest BCUT2D eigenvalue weighted by Crippen LogP contribution is -2.62. The molecular weight excluding hydrogens is 656 g/mol. The number of hydrogen-bond acceptors (Lipinski definition) is 9. The van der Waals surface area contributed by atoms with Crippen molar-refractivity contribution in [3.8, 4) is 0 Å². The van der Waals surface area contributed by atoms with Gasteiger partial charge in [-0.2, -0.15) is 0 Å². The first kappa shape index (κ1) is 38.3. The summed E-state index contributed by atoms with van der Waals surface area (Å²) < 4.78 is 5.25. The number of carbonyl (C=O) groups is 6. The summed E-state index contributed by atoms with van der Waals surface area (Å²) in [6.07, 6.45) is 3.98. The number of benzene rings is 1. The molecule has 1 aromatic carbocycles. The number of aliphatic hydroxyl groups excluding tert-OH is 1. The van der Waals surface area contributed by atoms with Crippen LogP contribution >= 0.6 is 0 Å². The quantitative estimate of drug-likeness (QED) is 0.190. The second kappa shape index (κ2) is 15.0. The van der Waals surface area contributed by atoms with E-state index in [9.17, 15) is 44.1 Å². The molecule has 1 aromatic rings. The molecule has 278 valence electrons. The molecule has 0 aromatic heterocycles. The number of ether oxygens (including phenoxy) is 1. The third-order valence-electron chi connectivity index (χ3n) is 12.6. The lowest BCUT2D eigenvalue weighted by molar-refractivity contribution is -0.184. The second-order valence-electron chi connectivity index (χ2n) is 15.9. The van der Waals surface area contributed by atoms with Crippen LogP contribution in [-0.4, -0.2) is 81.0 Å². The van der Waals surface area contributed by atoms with Crippen molar-refractivity contribution in [1.82, 2.24) is 10.6 Å². The smallest absolute Gasteiger partial charge is 0.326 e. The maximum atomic E-state index is 13.6. The van der Waals surface area contributed by atoms with Crippen LogP contribution in [0.4, 0.5) is 0 Å². The number of aliphatic hydroxyl groups is 2. The zero-order valence-electron chi connectivity index (χ0n) is 30.0. The number of nitrogens with one attached hydrogen (secondary N) is 2. The summed E-state index contributed by atoms with van der Waals surface area (Å²) in [5.74, 6) is -4.25. The van der Waals surface area contributed by atoms with Gasteiger partial charge in [0.05, 0.1) is 12.5 Å². The Hall–Kier alpha value is -3.90. The highest BCUT2D eigenvalue weighted by atomic mass is 16.5. The predicted octanol–water partition coefficient (Wildman–Crippen LogP) is 3.07. The molecule has 4 aliphatic carbocycles. The summed E-state index contributed by atoms with van der Waals surface area (Å²) in [4.78, 5) is 76.1. The molecule has 0 spiro atoms. The summed E-state index contributed by atoms with van der Waals surface area (Å²) in [7, 11) is 0. The SMILES string of the molecule is CC(C)[C@H](NC(=O)CCC(=O)OCC(=O)[C@@]1(O)CC[C@@H]2[C@@H]3CCC4=CC(=O)CC[C@]4(C)[C@@H]3[C@H](O)C[C@@]21C)C(=O)N[C@@H](Cc1ccccc1)C(=O)O. The molecule has 51 heavy (non-hydrogen) atoms. The highest BCUT2D eigenvalue weighted by Crippen LogP contribution is 2.67. The Labute approximate surface area is 298 Å². The molecule has 12 nitrogen and oxygen atoms in total. The Morgan fingerprint density at radius 3 is 2.35 bits per heavy atom. The number of hydrogen-bond donors (Lipinski definition) is 5. The van der Waals surface area contributed by atoms with Crippen LogP contribution in [0, 0.1) is 34.5 Å². The molecule has 5 N–H and O–H groups in total. The van der Waals surface area contributed by atoms with Crippen LogP contribution < -0.4 is 10.6 Å². The lowest BCUT2D eigenvalue weighted by Gasteiger charge is -2.60. The lowest BCUT2D eigenvalue weighted by atomic mass is 9.45. The van der Waals surface area contributed by atoms with Crippen LogP contribution in [0.2, 0.25) is 0 Å². The van der Waals surface area contributed by atoms with Gasteiger partial charge < -0.3 is 30.7 Å². The van der Waals surface area contributed by atoms with Gasteiger partial charge in [0.2, 0.25) is 17.6 Å². The van der Waals surface area contributed by atoms with Gasteiger partial charge in [-0.05, 0) is 79.3 Å². The van der Waals surface area contributed by atoms with E-state index in [-0.39, 0.29) is 61.1 Å². The Morgan fingerprint density at radius 1 is 0.980 bits per heavy atom. The van der Waals surface area contributed by atoms with Crippen LogP contribution in [0.15, 0.2) is 42.0 Å². The first-order valence-corrected chi connectivity index (χ1v) is 18.2. The first-order chi connectivity index (χ1) is 24.0. The summed E-state index contributed by atoms with van der Waals surface area (Å²) in [6, 6.07) is 6.57. The highest BCUT2D eigenvalue weighted by molar-refractivity contribution is 5.93. The van der Waals surface area contributed by atoms with Gasteiger partial charge in [-0.25, -0.2) is 4.79 Å². The molecule has 4 aliphatic rings. The van der Waals surface area contributed by atoms with Gasteiger partial charge in [0.1, 0.15) is 17.7 Å². The van der Waals surface area contributed by atoms with Gasteiger partial charge in [0.25, 0.3) is 0 Å². The third-order valence-corrected chi connectivity index (χ3v) is 12.6. The summed E-state index contributed by atoms with van der Waals surface area (Å²) >= 11 is 0. The largest absolute Gasteiger partial charge is 0.480 e. The molecule has 0 aliphatic heterocycles. The number of esters is 1. The van der Waals surface area contributed by atoms with E-state index >= 15 is 0 Å². The Bertz CT molecular complexity index is 1570. The third kappa shape index (κ3) is 7.53. The van der Waals surface area contributed by atoms with Crippen molar-refractivity contribution >= 4 is 35.3 Å². The van der Waals surface area contributed by atoms with Crippen LogP contribution in [0.25, 0.3) is 0 Å². The summed E-state index contributed by atoms with van der Waals surface area (Å²) in [5.41, 5.74) is -1.20. The van der Waals surface area contributed by atoms with Gasteiger partial charge in [0.15, 0.2) is 12.4 Å². The number of Topliss-reactive ketones (excluding diaryl/α,β-unsaturated/α-hetero) is 1. The molecule has 0 heterocycles. The van der Waals surface area contributed by atoms with Crippen molar-refractivity contribution in [2.45, 2.75) is 116 Å². The number of carbonyl (C=O) groups excluding carboxylic acids is 5. The number of carboxylic acids is 1. The normalized spacial score (nSPS) is 32.4. The van der Waals surface area contributed by atoms with E-state index in [0.29, 0.717) is 19.3 Å². The molecule has 3 saturated carbocycles. The Kier molecular flexibility index (Phi) is 11.3. The standard InChI is InChI=1S/C39H52N2O10/c1-22(2)34(35(47)40-28(36(48)49)18-23-8-6-5-7-9-23)41-31(45)12-13-32(46)51-21-30(44)39(50)17-15-27-26-11-10-24-19-25(42)14-16-37(24,3)33(26)29(43)20-38(27,39)4/h5-9,19,22,26-29,33-34,43,50H,10-18,20-21H2,1-4H3,(H,40,47)(H,41,45)(H,48,49)/t26-,27+,28-,29+,33-,34-,37-,38-,39-/m0/s1. The predicted molar refractivity (Wildman–Crippen MR) is 185 cm³/mol. The zero-order chi connectivity index (χ0) is 37.3. The molecule has 12 heteroatoms. The minimum atomic E-state index is -1.80. The van der Waals surface area contributed by atoms with Crippen LogP contribution in [0.3, 0.4) is 0 Å². The van der Waals surface area contributed by atoms with E-state index in [0.717, 1.165) is 24.0 Å². The van der Waals surface area contributed by atoms with Crippen molar-refractivity contribution in [1.29, 1.82) is 0 Å². The number of ketones is 2. The Morgan fingerprint density at radius 2 is 1.69 bits per heavy atom. The van der Waals surface area contributed by atoms with E-state index in [4.69, 9.17) is 4.74 Å². The molecule has 5 rings (SSSR count). The molecule has 0 radical (unpaired) electrons. The van der Waals surface area contributed by atoms with E-state index in [1.54, 1.807) is 50.3 Å². The van der Waals surface area contributed by atoms with Crippen LogP contribution in [0.1, 0.15) is 91.0 Å². The number of rotatable bonds is 13. The van der Waals surface area contributed by atoms with E-state index in [1.807, 2.05) is 6.92 Å². The molecule has 0 saturated heterocycles. The van der Waals surface area contributed by atoms with Crippen molar-refractivity contribution in [3.63, 3.8) is 0 Å². The number of carboxylic acid groups (broad SMARTS) is 1. The number of aliphatic carboxylic acids is 1. The monoisotopic (exact) mass is 708 g/mol. The first-order valence-electron chi connectivity index (χ1n) is 18.2. The molecule has 0 bridgehead atoms. The molecule has 0 unspecified atom stereocenters. The summed E-state index contributed by atoms with van der Waals surface area (Å²) in [5, 5.41) is 38.3. The van der Waals surface area contributed by atoms with Crippen LogP contribution in [0.5, 0.6) is 0 Å². The summed E-state index contributed by atoms with van der Waals surface area (Å²) in [6.45, 7) is 6.71. The number of amides is 2. The minimum absolute atomic E-state index is 0.0227. The van der Waals surface area contributed by atoms with Gasteiger partial charge in [-0.3, -0.25) is 24.0 Å². The maximum Gasteiger partial charge on any atom is 0.326 e. The van der Waals surface area contributed by atoms with Gasteiger partial charge in [0, 0.05) is 24.7 Å². The Balaban J connectivity index is 1.13. The molecule has 9 atom stereocenters. The highest BCUT2D eigenvalue weighted by Gasteiger charge is 2.68. The second-order valence-corrected chi connectivity index (χ2v) is 15.9. The fourth-order valence-electron chi connectivity index (χ4n) is 9.80. The van der Waals surface area contributed by atoms with E-state index < -0.39 is 71.3 Å².